The van der Waals surface area contributed by atoms with Crippen LogP contribution < -0.4 is 5.32 Å². The Morgan fingerprint density at radius 2 is 1.39 bits per heavy atom. The van der Waals surface area contributed by atoms with E-state index in [-0.39, 0.29) is 5.91 Å². The second-order valence-electron chi connectivity index (χ2n) is 4.88. The Kier molecular flexibility index (Phi) is 4.47. The molecule has 0 radical (unpaired) electrons. The number of hydrogen-bond donors (Lipinski definition) is 1. The Bertz CT molecular complexity index is 845. The fraction of sp³-hybridized carbons (Fsp3) is 0. The zero-order chi connectivity index (χ0) is 15.9. The van der Waals surface area contributed by atoms with Gasteiger partial charge >= 0.3 is 0 Å². The maximum absolute atomic E-state index is 12.1. The molecule has 0 unspecified atom stereocenters. The minimum atomic E-state index is -0.154. The third-order valence-corrected chi connectivity index (χ3v) is 3.21. The molecular formula is C20H14N2O. The van der Waals surface area contributed by atoms with E-state index in [1.165, 1.54) is 0 Å². The molecule has 1 amide bonds. The van der Waals surface area contributed by atoms with Gasteiger partial charge in [-0.25, -0.2) is 0 Å². The van der Waals surface area contributed by atoms with Gasteiger partial charge in [0.05, 0.1) is 0 Å². The van der Waals surface area contributed by atoms with Crippen molar-refractivity contribution in [1.82, 2.24) is 4.98 Å². The van der Waals surface area contributed by atoms with Gasteiger partial charge in [-0.15, -0.1) is 0 Å². The normalized spacial score (nSPS) is 9.57. The Morgan fingerprint density at radius 1 is 0.783 bits per heavy atom. The molecule has 0 aliphatic heterocycles. The third-order valence-electron chi connectivity index (χ3n) is 3.21. The molecular weight excluding hydrogens is 284 g/mol. The van der Waals surface area contributed by atoms with Crippen LogP contribution in [0.15, 0.2) is 79.1 Å². The molecule has 110 valence electrons. The van der Waals surface area contributed by atoms with Crippen molar-refractivity contribution in [3.8, 4) is 11.8 Å². The molecule has 3 nitrogen and oxygen atoms in total. The summed E-state index contributed by atoms with van der Waals surface area (Å²) in [6, 6.07) is 20.5. The summed E-state index contributed by atoms with van der Waals surface area (Å²) in [7, 11) is 0. The van der Waals surface area contributed by atoms with E-state index in [2.05, 4.69) is 22.1 Å². The molecule has 23 heavy (non-hydrogen) atoms. The van der Waals surface area contributed by atoms with Crippen molar-refractivity contribution < 1.29 is 4.79 Å². The van der Waals surface area contributed by atoms with E-state index in [4.69, 9.17) is 0 Å². The number of rotatable bonds is 2. The van der Waals surface area contributed by atoms with Gasteiger partial charge in [0.1, 0.15) is 0 Å². The molecule has 3 aromatic rings. The van der Waals surface area contributed by atoms with Gasteiger partial charge in [0, 0.05) is 34.8 Å². The van der Waals surface area contributed by atoms with Crippen molar-refractivity contribution in [2.24, 2.45) is 0 Å². The van der Waals surface area contributed by atoms with E-state index < -0.39 is 0 Å². The number of carbonyl (C=O) groups is 1. The summed E-state index contributed by atoms with van der Waals surface area (Å²) >= 11 is 0. The Balaban J connectivity index is 1.70. The molecule has 0 atom stereocenters. The van der Waals surface area contributed by atoms with E-state index in [1.54, 1.807) is 36.7 Å². The van der Waals surface area contributed by atoms with Crippen LogP contribution >= 0.6 is 0 Å². The highest BCUT2D eigenvalue weighted by Crippen LogP contribution is 2.09. The summed E-state index contributed by atoms with van der Waals surface area (Å²) in [5.74, 6) is 6.02. The number of pyridine rings is 1. The van der Waals surface area contributed by atoms with Gasteiger partial charge in [0.15, 0.2) is 0 Å². The minimum absolute atomic E-state index is 0.154. The average molecular weight is 298 g/mol. The van der Waals surface area contributed by atoms with Crippen LogP contribution in [0.3, 0.4) is 0 Å². The van der Waals surface area contributed by atoms with Crippen molar-refractivity contribution in [1.29, 1.82) is 0 Å². The molecule has 2 aromatic carbocycles. The van der Waals surface area contributed by atoms with Crippen LogP contribution in [-0.4, -0.2) is 10.9 Å². The Hall–Kier alpha value is -3.38. The van der Waals surface area contributed by atoms with Crippen LogP contribution in [0.2, 0.25) is 0 Å². The molecule has 3 heteroatoms. The van der Waals surface area contributed by atoms with Gasteiger partial charge in [-0.2, -0.15) is 0 Å². The lowest BCUT2D eigenvalue weighted by atomic mass is 10.1. The van der Waals surface area contributed by atoms with E-state index >= 15 is 0 Å². The summed E-state index contributed by atoms with van der Waals surface area (Å²) in [4.78, 5) is 16.1. The fourth-order valence-electron chi connectivity index (χ4n) is 2.01. The van der Waals surface area contributed by atoms with Gasteiger partial charge in [-0.05, 0) is 48.5 Å². The summed E-state index contributed by atoms with van der Waals surface area (Å²) in [6.45, 7) is 0. The van der Waals surface area contributed by atoms with Gasteiger partial charge in [-0.3, -0.25) is 9.78 Å². The zero-order valence-corrected chi connectivity index (χ0v) is 12.4. The Morgan fingerprint density at radius 3 is 2.04 bits per heavy atom. The van der Waals surface area contributed by atoms with Crippen molar-refractivity contribution in [3.05, 3.63) is 95.8 Å². The number of hydrogen-bond acceptors (Lipinski definition) is 2. The molecule has 0 saturated heterocycles. The summed E-state index contributed by atoms with van der Waals surface area (Å²) < 4.78 is 0. The SMILES string of the molecule is O=C(Nc1ccncc1)c1ccc(C#Cc2ccccc2)cc1. The monoisotopic (exact) mass is 298 g/mol. The van der Waals surface area contributed by atoms with Crippen molar-refractivity contribution >= 4 is 11.6 Å². The lowest BCUT2D eigenvalue weighted by Gasteiger charge is -2.04. The van der Waals surface area contributed by atoms with Crippen LogP contribution in [0.4, 0.5) is 5.69 Å². The van der Waals surface area contributed by atoms with Crippen molar-refractivity contribution in [2.75, 3.05) is 5.32 Å². The first-order chi connectivity index (χ1) is 11.3. The molecule has 0 bridgehead atoms. The molecule has 0 aliphatic carbocycles. The fourth-order valence-corrected chi connectivity index (χ4v) is 2.01. The summed E-state index contributed by atoms with van der Waals surface area (Å²) in [5.41, 5.74) is 3.14. The number of amides is 1. The third kappa shape index (κ3) is 4.05. The van der Waals surface area contributed by atoms with Crippen LogP contribution in [0.5, 0.6) is 0 Å². The quantitative estimate of drug-likeness (QED) is 0.732. The summed E-state index contributed by atoms with van der Waals surface area (Å²) in [5, 5.41) is 2.82. The lowest BCUT2D eigenvalue weighted by Crippen LogP contribution is -2.11. The van der Waals surface area contributed by atoms with Gasteiger partial charge in [0.25, 0.3) is 5.91 Å². The molecule has 0 fully saturated rings. The maximum atomic E-state index is 12.1. The minimum Gasteiger partial charge on any atom is -0.322 e. The highest BCUT2D eigenvalue weighted by Gasteiger charge is 2.05. The van der Waals surface area contributed by atoms with Gasteiger partial charge < -0.3 is 5.32 Å². The molecule has 1 N–H and O–H groups in total. The first-order valence-electron chi connectivity index (χ1n) is 7.20. The highest BCUT2D eigenvalue weighted by atomic mass is 16.1. The van der Waals surface area contributed by atoms with Crippen LogP contribution in [0, 0.1) is 11.8 Å². The standard InChI is InChI=1S/C20H14N2O/c23-20(22-19-12-14-21-15-13-19)18-10-8-17(9-11-18)7-6-16-4-2-1-3-5-16/h1-5,8-15H,(H,21,22,23). The smallest absolute Gasteiger partial charge is 0.255 e. The molecule has 0 spiro atoms. The van der Waals surface area contributed by atoms with Gasteiger partial charge in [-0.1, -0.05) is 30.0 Å². The molecule has 3 rings (SSSR count). The second-order valence-corrected chi connectivity index (χ2v) is 4.88. The van der Waals surface area contributed by atoms with Crippen molar-refractivity contribution in [3.63, 3.8) is 0 Å². The predicted molar refractivity (Wildman–Crippen MR) is 91.1 cm³/mol. The largest absolute Gasteiger partial charge is 0.322 e. The number of nitrogens with one attached hydrogen (secondary N) is 1. The first kappa shape index (κ1) is 14.6. The van der Waals surface area contributed by atoms with E-state index in [9.17, 15) is 4.79 Å². The molecule has 0 saturated carbocycles. The zero-order valence-electron chi connectivity index (χ0n) is 12.4. The molecule has 0 aliphatic rings. The number of benzene rings is 2. The topological polar surface area (TPSA) is 42.0 Å². The number of aromatic nitrogens is 1. The van der Waals surface area contributed by atoms with E-state index in [0.29, 0.717) is 5.56 Å². The lowest BCUT2D eigenvalue weighted by molar-refractivity contribution is 0.102. The van der Waals surface area contributed by atoms with Crippen LogP contribution in [0.1, 0.15) is 21.5 Å². The number of nitrogens with zero attached hydrogens (tertiary/aromatic N) is 1. The number of carbonyl (C=O) groups excluding carboxylic acids is 1. The maximum Gasteiger partial charge on any atom is 0.255 e. The summed E-state index contributed by atoms with van der Waals surface area (Å²) in [6.07, 6.45) is 3.27. The first-order valence-corrected chi connectivity index (χ1v) is 7.20. The Labute approximate surface area is 135 Å². The van der Waals surface area contributed by atoms with E-state index in [0.717, 1.165) is 16.8 Å². The van der Waals surface area contributed by atoms with Crippen LogP contribution in [0.25, 0.3) is 0 Å². The second kappa shape index (κ2) is 7.06. The molecule has 1 heterocycles. The number of anilines is 1. The van der Waals surface area contributed by atoms with Gasteiger partial charge in [0.2, 0.25) is 0 Å². The molecule has 1 aromatic heterocycles. The average Bonchev–Trinajstić information content (AvgIpc) is 2.62. The van der Waals surface area contributed by atoms with Crippen LogP contribution in [-0.2, 0) is 0 Å². The van der Waals surface area contributed by atoms with Crippen molar-refractivity contribution in [2.45, 2.75) is 0 Å². The predicted octanol–water partition coefficient (Wildman–Crippen LogP) is 3.73. The van der Waals surface area contributed by atoms with E-state index in [1.807, 2.05) is 42.5 Å². The highest BCUT2D eigenvalue weighted by molar-refractivity contribution is 6.04.